The standard InChI is InChI=1S/C10H13Br2N3/c1-6(2)15-4-3-8-7(5-15)9(11)14-10(12)13-8/h6H,3-5H2,1-2H3. The maximum Gasteiger partial charge on any atom is 0.197 e. The van der Waals surface area contributed by atoms with Crippen LogP contribution in [0.1, 0.15) is 25.1 Å². The third-order valence-electron chi connectivity index (χ3n) is 2.74. The minimum absolute atomic E-state index is 0.577. The Morgan fingerprint density at radius 1 is 1.27 bits per heavy atom. The highest BCUT2D eigenvalue weighted by Crippen LogP contribution is 2.26. The molecule has 2 heterocycles. The zero-order valence-electron chi connectivity index (χ0n) is 8.80. The number of halogens is 2. The van der Waals surface area contributed by atoms with Crippen molar-refractivity contribution in [3.63, 3.8) is 0 Å². The fourth-order valence-corrected chi connectivity index (χ4v) is 2.96. The Hall–Kier alpha value is -0.0000000000000000555. The number of hydrogen-bond donors (Lipinski definition) is 0. The summed E-state index contributed by atoms with van der Waals surface area (Å²) >= 11 is 6.82. The van der Waals surface area contributed by atoms with E-state index < -0.39 is 0 Å². The van der Waals surface area contributed by atoms with Gasteiger partial charge in [-0.1, -0.05) is 0 Å². The summed E-state index contributed by atoms with van der Waals surface area (Å²) in [5, 5.41) is 0. The molecule has 5 heteroatoms. The van der Waals surface area contributed by atoms with Gasteiger partial charge in [0.05, 0.1) is 5.69 Å². The molecule has 0 aliphatic carbocycles. The van der Waals surface area contributed by atoms with Gasteiger partial charge in [0, 0.05) is 31.1 Å². The van der Waals surface area contributed by atoms with Crippen molar-refractivity contribution in [2.75, 3.05) is 6.54 Å². The summed E-state index contributed by atoms with van der Waals surface area (Å²) in [6.07, 6.45) is 1.01. The molecule has 0 fully saturated rings. The summed E-state index contributed by atoms with van der Waals surface area (Å²) in [4.78, 5) is 11.1. The molecule has 0 spiro atoms. The lowest BCUT2D eigenvalue weighted by Gasteiger charge is -2.31. The van der Waals surface area contributed by atoms with Gasteiger partial charge in [0.15, 0.2) is 4.73 Å². The molecular formula is C10H13Br2N3. The van der Waals surface area contributed by atoms with Gasteiger partial charge in [-0.2, -0.15) is 0 Å². The van der Waals surface area contributed by atoms with Gasteiger partial charge in [0.2, 0.25) is 0 Å². The first-order chi connectivity index (χ1) is 7.08. The van der Waals surface area contributed by atoms with Crippen molar-refractivity contribution < 1.29 is 0 Å². The highest BCUT2D eigenvalue weighted by Gasteiger charge is 2.22. The van der Waals surface area contributed by atoms with Crippen LogP contribution in [-0.2, 0) is 13.0 Å². The summed E-state index contributed by atoms with van der Waals surface area (Å²) in [6, 6.07) is 0.577. The molecule has 0 atom stereocenters. The van der Waals surface area contributed by atoms with Crippen LogP contribution >= 0.6 is 31.9 Å². The summed E-state index contributed by atoms with van der Waals surface area (Å²) in [5.74, 6) is 0. The lowest BCUT2D eigenvalue weighted by molar-refractivity contribution is 0.200. The molecule has 0 bridgehead atoms. The predicted molar refractivity (Wildman–Crippen MR) is 66.7 cm³/mol. The van der Waals surface area contributed by atoms with Crippen LogP contribution in [0.4, 0.5) is 0 Å². The van der Waals surface area contributed by atoms with Crippen molar-refractivity contribution in [2.45, 2.75) is 32.9 Å². The van der Waals surface area contributed by atoms with E-state index in [1.807, 2.05) is 0 Å². The van der Waals surface area contributed by atoms with Crippen LogP contribution in [0.5, 0.6) is 0 Å². The largest absolute Gasteiger partial charge is 0.296 e. The van der Waals surface area contributed by atoms with Crippen LogP contribution < -0.4 is 0 Å². The molecule has 1 aromatic heterocycles. The summed E-state index contributed by atoms with van der Waals surface area (Å²) in [7, 11) is 0. The maximum absolute atomic E-state index is 4.42. The van der Waals surface area contributed by atoms with Gasteiger partial charge in [0.25, 0.3) is 0 Å². The summed E-state index contributed by atoms with van der Waals surface area (Å²) in [6.45, 7) is 6.47. The lowest BCUT2D eigenvalue weighted by Crippen LogP contribution is -2.36. The monoisotopic (exact) mass is 333 g/mol. The molecule has 1 aliphatic heterocycles. The smallest absolute Gasteiger partial charge is 0.197 e. The van der Waals surface area contributed by atoms with E-state index >= 15 is 0 Å². The van der Waals surface area contributed by atoms with Gasteiger partial charge >= 0.3 is 0 Å². The molecule has 0 saturated carbocycles. The van der Waals surface area contributed by atoms with Crippen molar-refractivity contribution in [3.8, 4) is 0 Å². The van der Waals surface area contributed by atoms with Gasteiger partial charge < -0.3 is 0 Å². The number of rotatable bonds is 1. The summed E-state index contributed by atoms with van der Waals surface area (Å²) in [5.41, 5.74) is 2.40. The van der Waals surface area contributed by atoms with Crippen molar-refractivity contribution in [1.29, 1.82) is 0 Å². The molecule has 3 nitrogen and oxygen atoms in total. The normalized spacial score (nSPS) is 16.9. The van der Waals surface area contributed by atoms with E-state index in [9.17, 15) is 0 Å². The van der Waals surface area contributed by atoms with Gasteiger partial charge in [-0.05, 0) is 45.7 Å². The van der Waals surface area contributed by atoms with Crippen molar-refractivity contribution >= 4 is 31.9 Å². The number of nitrogens with zero attached hydrogens (tertiary/aromatic N) is 3. The van der Waals surface area contributed by atoms with Crippen LogP contribution in [0.3, 0.4) is 0 Å². The number of aromatic nitrogens is 2. The van der Waals surface area contributed by atoms with Gasteiger partial charge in [-0.3, -0.25) is 4.90 Å². The minimum atomic E-state index is 0.577. The zero-order chi connectivity index (χ0) is 11.0. The molecule has 0 radical (unpaired) electrons. The third kappa shape index (κ3) is 2.40. The Morgan fingerprint density at radius 3 is 2.67 bits per heavy atom. The molecule has 0 unspecified atom stereocenters. The molecule has 82 valence electrons. The first-order valence-corrected chi connectivity index (χ1v) is 6.61. The molecule has 0 N–H and O–H groups in total. The highest BCUT2D eigenvalue weighted by molar-refractivity contribution is 9.11. The predicted octanol–water partition coefficient (Wildman–Crippen LogP) is 2.77. The average molecular weight is 335 g/mol. The molecule has 0 aromatic carbocycles. The average Bonchev–Trinajstić information content (AvgIpc) is 2.16. The Bertz CT molecular complexity index is 379. The van der Waals surface area contributed by atoms with E-state index in [1.54, 1.807) is 0 Å². The Morgan fingerprint density at radius 2 is 2.00 bits per heavy atom. The molecule has 1 aliphatic rings. The summed E-state index contributed by atoms with van der Waals surface area (Å²) < 4.78 is 1.59. The van der Waals surface area contributed by atoms with E-state index in [0.717, 1.165) is 24.1 Å². The first-order valence-electron chi connectivity index (χ1n) is 5.02. The highest BCUT2D eigenvalue weighted by atomic mass is 79.9. The molecule has 2 rings (SSSR count). The quantitative estimate of drug-likeness (QED) is 0.584. The van der Waals surface area contributed by atoms with Crippen LogP contribution in [0.15, 0.2) is 9.34 Å². The third-order valence-corrected chi connectivity index (χ3v) is 3.75. The number of hydrogen-bond acceptors (Lipinski definition) is 3. The fourth-order valence-electron chi connectivity index (χ4n) is 1.81. The topological polar surface area (TPSA) is 29.0 Å². The van der Waals surface area contributed by atoms with Crippen molar-refractivity contribution in [2.24, 2.45) is 0 Å². The SMILES string of the molecule is CC(C)N1CCc2nc(Br)nc(Br)c2C1. The van der Waals surface area contributed by atoms with E-state index in [1.165, 1.54) is 11.3 Å². The van der Waals surface area contributed by atoms with Crippen LogP contribution in [-0.4, -0.2) is 27.5 Å². The van der Waals surface area contributed by atoms with E-state index in [2.05, 4.69) is 60.6 Å². The van der Waals surface area contributed by atoms with Gasteiger partial charge in [0.1, 0.15) is 4.60 Å². The molecule has 15 heavy (non-hydrogen) atoms. The second-order valence-electron chi connectivity index (χ2n) is 4.02. The Kier molecular flexibility index (Phi) is 3.42. The maximum atomic E-state index is 4.42. The van der Waals surface area contributed by atoms with Crippen LogP contribution in [0, 0.1) is 0 Å². The van der Waals surface area contributed by atoms with Crippen LogP contribution in [0.25, 0.3) is 0 Å². The van der Waals surface area contributed by atoms with E-state index in [4.69, 9.17) is 0 Å². The van der Waals surface area contributed by atoms with Gasteiger partial charge in [-0.25, -0.2) is 9.97 Å². The molecule has 1 aromatic rings. The Labute approximate surface area is 107 Å². The first kappa shape index (κ1) is 11.5. The zero-order valence-corrected chi connectivity index (χ0v) is 12.0. The molecule has 0 saturated heterocycles. The molecular weight excluding hydrogens is 322 g/mol. The van der Waals surface area contributed by atoms with E-state index in [-0.39, 0.29) is 0 Å². The minimum Gasteiger partial charge on any atom is -0.296 e. The van der Waals surface area contributed by atoms with Crippen LogP contribution in [0.2, 0.25) is 0 Å². The molecule has 0 amide bonds. The fraction of sp³-hybridized carbons (Fsp3) is 0.600. The van der Waals surface area contributed by atoms with Crippen molar-refractivity contribution in [3.05, 3.63) is 20.6 Å². The van der Waals surface area contributed by atoms with Gasteiger partial charge in [-0.15, -0.1) is 0 Å². The van der Waals surface area contributed by atoms with Crippen molar-refractivity contribution in [1.82, 2.24) is 14.9 Å². The second-order valence-corrected chi connectivity index (χ2v) is 5.48. The lowest BCUT2D eigenvalue weighted by atomic mass is 10.1. The number of fused-ring (bicyclic) bond motifs is 1. The second kappa shape index (κ2) is 4.47. The van der Waals surface area contributed by atoms with E-state index in [0.29, 0.717) is 10.8 Å². The Balaban J connectivity index is 2.33.